The van der Waals surface area contributed by atoms with Gasteiger partial charge in [0.25, 0.3) is 0 Å². The summed E-state index contributed by atoms with van der Waals surface area (Å²) < 4.78 is 5.83. The summed E-state index contributed by atoms with van der Waals surface area (Å²) in [5, 5.41) is 0. The molecule has 0 heterocycles. The van der Waals surface area contributed by atoms with Crippen LogP contribution in [-0.2, 0) is 9.78 Å². The lowest BCUT2D eigenvalue weighted by molar-refractivity contribution is -0.249. The Morgan fingerprint density at radius 2 is 1.57 bits per heavy atom. The second-order valence-electron chi connectivity index (χ2n) is 7.54. The lowest BCUT2D eigenvalue weighted by Gasteiger charge is -2.14. The molecule has 1 aromatic carbocycles. The molecular formula is C24H40O4. The Balaban J connectivity index is 2.34. The van der Waals surface area contributed by atoms with Crippen LogP contribution in [-0.4, -0.2) is 19.2 Å². The molecule has 0 aliphatic heterocycles. The minimum Gasteiger partial charge on any atom is -0.493 e. The Hall–Kier alpha value is -1.55. The van der Waals surface area contributed by atoms with Gasteiger partial charge in [-0.3, -0.25) is 4.89 Å². The Kier molecular flexibility index (Phi) is 14.4. The molecule has 0 aliphatic rings. The van der Waals surface area contributed by atoms with Gasteiger partial charge in [-0.15, -0.1) is 0 Å². The normalized spacial score (nSPS) is 12.0. The zero-order chi connectivity index (χ0) is 20.5. The summed E-state index contributed by atoms with van der Waals surface area (Å²) in [6.07, 6.45) is 13.1. The minimum atomic E-state index is -0.486. The highest BCUT2D eigenvalue weighted by molar-refractivity contribution is 5.92. The summed E-state index contributed by atoms with van der Waals surface area (Å²) in [6, 6.07) is 7.22. The maximum absolute atomic E-state index is 12.4. The van der Waals surface area contributed by atoms with Crippen LogP contribution in [0.4, 0.5) is 0 Å². The second-order valence-corrected chi connectivity index (χ2v) is 7.54. The van der Waals surface area contributed by atoms with Gasteiger partial charge in [0.05, 0.1) is 13.2 Å². The first-order valence-corrected chi connectivity index (χ1v) is 11.3. The molecule has 0 bridgehead atoms. The Labute approximate surface area is 171 Å². The monoisotopic (exact) mass is 392 g/mol. The average molecular weight is 393 g/mol. The highest BCUT2D eigenvalue weighted by Gasteiger charge is 2.16. The van der Waals surface area contributed by atoms with Gasteiger partial charge in [0.15, 0.2) is 0 Å². The van der Waals surface area contributed by atoms with Gasteiger partial charge in [0.2, 0.25) is 0 Å². The number of rotatable bonds is 17. The first kappa shape index (κ1) is 24.5. The standard InChI is InChI=1S/C24H40O4/c1-4-7-9-10-11-12-15-19-26-23-18-14-13-17-22(23)24(25)28-27-20-21(6-3)16-8-5-2/h13-14,17-18,21H,4-12,15-16,19-20H2,1-3H3. The summed E-state index contributed by atoms with van der Waals surface area (Å²) in [6.45, 7) is 7.61. The van der Waals surface area contributed by atoms with Crippen molar-refractivity contribution >= 4 is 5.97 Å². The van der Waals surface area contributed by atoms with E-state index in [2.05, 4.69) is 20.8 Å². The molecule has 0 fully saturated rings. The van der Waals surface area contributed by atoms with E-state index in [0.29, 0.717) is 30.4 Å². The largest absolute Gasteiger partial charge is 0.493 e. The molecular weight excluding hydrogens is 352 g/mol. The molecule has 1 rings (SSSR count). The van der Waals surface area contributed by atoms with Gasteiger partial charge in [-0.05, 0) is 30.9 Å². The maximum Gasteiger partial charge on any atom is 0.376 e. The molecule has 0 radical (unpaired) electrons. The predicted molar refractivity (Wildman–Crippen MR) is 115 cm³/mol. The van der Waals surface area contributed by atoms with Crippen molar-refractivity contribution in [1.82, 2.24) is 0 Å². The molecule has 1 aromatic rings. The molecule has 1 unspecified atom stereocenters. The first-order chi connectivity index (χ1) is 13.7. The number of unbranched alkanes of at least 4 members (excludes halogenated alkanes) is 7. The van der Waals surface area contributed by atoms with Crippen molar-refractivity contribution in [2.24, 2.45) is 5.92 Å². The van der Waals surface area contributed by atoms with Gasteiger partial charge in [-0.25, -0.2) is 4.79 Å². The van der Waals surface area contributed by atoms with Crippen molar-refractivity contribution in [2.75, 3.05) is 13.2 Å². The summed E-state index contributed by atoms with van der Waals surface area (Å²) in [7, 11) is 0. The van der Waals surface area contributed by atoms with Crippen molar-refractivity contribution in [3.8, 4) is 5.75 Å². The van der Waals surface area contributed by atoms with Crippen LogP contribution in [0.15, 0.2) is 24.3 Å². The number of carbonyl (C=O) groups is 1. The molecule has 1 atom stereocenters. The second kappa shape index (κ2) is 16.4. The molecule has 0 amide bonds. The zero-order valence-electron chi connectivity index (χ0n) is 18.2. The molecule has 4 nitrogen and oxygen atoms in total. The first-order valence-electron chi connectivity index (χ1n) is 11.3. The Morgan fingerprint density at radius 3 is 2.29 bits per heavy atom. The van der Waals surface area contributed by atoms with E-state index < -0.39 is 5.97 Å². The number of hydrogen-bond acceptors (Lipinski definition) is 4. The molecule has 0 aromatic heterocycles. The average Bonchev–Trinajstić information content (AvgIpc) is 2.72. The van der Waals surface area contributed by atoms with Gasteiger partial charge in [0, 0.05) is 0 Å². The lowest BCUT2D eigenvalue weighted by Crippen LogP contribution is -2.14. The Morgan fingerprint density at radius 1 is 0.893 bits per heavy atom. The van der Waals surface area contributed by atoms with Crippen LogP contribution in [0.3, 0.4) is 0 Å². The molecule has 0 N–H and O–H groups in total. The van der Waals surface area contributed by atoms with Gasteiger partial charge < -0.3 is 4.74 Å². The summed E-state index contributed by atoms with van der Waals surface area (Å²) in [4.78, 5) is 22.6. The smallest absolute Gasteiger partial charge is 0.376 e. The lowest BCUT2D eigenvalue weighted by atomic mass is 10.0. The van der Waals surface area contributed by atoms with E-state index in [4.69, 9.17) is 14.5 Å². The van der Waals surface area contributed by atoms with Gasteiger partial charge in [-0.2, -0.15) is 4.89 Å². The highest BCUT2D eigenvalue weighted by atomic mass is 17.2. The summed E-state index contributed by atoms with van der Waals surface area (Å²) >= 11 is 0. The van der Waals surface area contributed by atoms with E-state index in [1.807, 2.05) is 18.2 Å². The quantitative estimate of drug-likeness (QED) is 0.161. The highest BCUT2D eigenvalue weighted by Crippen LogP contribution is 2.20. The fourth-order valence-electron chi connectivity index (χ4n) is 3.13. The van der Waals surface area contributed by atoms with E-state index in [1.54, 1.807) is 6.07 Å². The maximum atomic E-state index is 12.4. The summed E-state index contributed by atoms with van der Waals surface area (Å²) in [5.74, 6) is 0.511. The topological polar surface area (TPSA) is 44.8 Å². The number of carbonyl (C=O) groups excluding carboxylic acids is 1. The SMILES string of the molecule is CCCCCCCCCOc1ccccc1C(=O)OOCC(CC)CCCC. The molecule has 4 heteroatoms. The van der Waals surface area contributed by atoms with Gasteiger partial charge in [-0.1, -0.05) is 90.7 Å². The van der Waals surface area contributed by atoms with Crippen LogP contribution in [0.2, 0.25) is 0 Å². The van der Waals surface area contributed by atoms with E-state index in [0.717, 1.165) is 25.7 Å². The third-order valence-corrected chi connectivity index (χ3v) is 5.09. The van der Waals surface area contributed by atoms with Crippen molar-refractivity contribution < 1.29 is 19.3 Å². The van der Waals surface area contributed by atoms with Crippen LogP contribution < -0.4 is 4.74 Å². The fourth-order valence-corrected chi connectivity index (χ4v) is 3.13. The van der Waals surface area contributed by atoms with Gasteiger partial charge in [0.1, 0.15) is 11.3 Å². The molecule has 0 spiro atoms. The number of hydrogen-bond donors (Lipinski definition) is 0. The van der Waals surface area contributed by atoms with Crippen molar-refractivity contribution in [1.29, 1.82) is 0 Å². The predicted octanol–water partition coefficient (Wildman–Crippen LogP) is 7.12. The molecule has 0 saturated heterocycles. The molecule has 0 aliphatic carbocycles. The van der Waals surface area contributed by atoms with E-state index >= 15 is 0 Å². The van der Waals surface area contributed by atoms with Crippen LogP contribution in [0.25, 0.3) is 0 Å². The van der Waals surface area contributed by atoms with E-state index in [1.165, 1.54) is 44.9 Å². The number of para-hydroxylation sites is 1. The third-order valence-electron chi connectivity index (χ3n) is 5.09. The van der Waals surface area contributed by atoms with Crippen LogP contribution in [0.5, 0.6) is 5.75 Å². The molecule has 160 valence electrons. The minimum absolute atomic E-state index is 0.423. The summed E-state index contributed by atoms with van der Waals surface area (Å²) in [5.41, 5.74) is 0.423. The number of ether oxygens (including phenoxy) is 1. The molecule has 0 saturated carbocycles. The van der Waals surface area contributed by atoms with Crippen LogP contribution in [0, 0.1) is 5.92 Å². The zero-order valence-corrected chi connectivity index (χ0v) is 18.2. The van der Waals surface area contributed by atoms with Gasteiger partial charge >= 0.3 is 5.97 Å². The van der Waals surface area contributed by atoms with Crippen LogP contribution >= 0.6 is 0 Å². The van der Waals surface area contributed by atoms with E-state index in [9.17, 15) is 4.79 Å². The van der Waals surface area contributed by atoms with Crippen LogP contribution in [0.1, 0.15) is 102 Å². The van der Waals surface area contributed by atoms with Crippen molar-refractivity contribution in [3.05, 3.63) is 29.8 Å². The third kappa shape index (κ3) is 10.7. The molecule has 28 heavy (non-hydrogen) atoms. The van der Waals surface area contributed by atoms with E-state index in [-0.39, 0.29) is 0 Å². The fraction of sp³-hybridized carbons (Fsp3) is 0.708. The van der Waals surface area contributed by atoms with Crippen molar-refractivity contribution in [3.63, 3.8) is 0 Å². The number of benzene rings is 1. The van der Waals surface area contributed by atoms with Crippen molar-refractivity contribution in [2.45, 2.75) is 91.4 Å². The Bertz CT molecular complexity index is 515.